The molecular formula is C14H23N3O4. The number of carbonyl (C=O) groups is 3. The number of amides is 3. The van der Waals surface area contributed by atoms with Crippen LogP contribution in [-0.4, -0.2) is 53.6 Å². The Balaban J connectivity index is 1.81. The predicted molar refractivity (Wildman–Crippen MR) is 75.5 cm³/mol. The molecule has 7 nitrogen and oxygen atoms in total. The van der Waals surface area contributed by atoms with E-state index in [1.807, 2.05) is 20.8 Å². The predicted octanol–water partition coefficient (Wildman–Crippen LogP) is 0.391. The van der Waals surface area contributed by atoms with Crippen LogP contribution in [0.15, 0.2) is 0 Å². The summed E-state index contributed by atoms with van der Waals surface area (Å²) < 4.78 is 5.33. The van der Waals surface area contributed by atoms with Gasteiger partial charge in [0, 0.05) is 25.6 Å². The largest absolute Gasteiger partial charge is 0.444 e. The normalized spacial score (nSPS) is 26.7. The number of imide groups is 1. The Labute approximate surface area is 124 Å². The summed E-state index contributed by atoms with van der Waals surface area (Å²) in [5.41, 5.74) is -0.508. The first-order valence-electron chi connectivity index (χ1n) is 7.32. The van der Waals surface area contributed by atoms with Crippen LogP contribution in [0.2, 0.25) is 0 Å². The number of hydrogen-bond donors (Lipinski definition) is 2. The lowest BCUT2D eigenvalue weighted by Gasteiger charge is -2.26. The van der Waals surface area contributed by atoms with E-state index in [-0.39, 0.29) is 30.0 Å². The van der Waals surface area contributed by atoms with Gasteiger partial charge in [-0.15, -0.1) is 0 Å². The van der Waals surface area contributed by atoms with Crippen molar-refractivity contribution in [3.63, 3.8) is 0 Å². The van der Waals surface area contributed by atoms with Crippen LogP contribution in [0.5, 0.6) is 0 Å². The van der Waals surface area contributed by atoms with E-state index in [9.17, 15) is 14.4 Å². The molecule has 2 atom stereocenters. The van der Waals surface area contributed by atoms with Crippen LogP contribution >= 0.6 is 0 Å². The van der Waals surface area contributed by atoms with E-state index in [1.165, 1.54) is 0 Å². The van der Waals surface area contributed by atoms with Crippen molar-refractivity contribution in [1.82, 2.24) is 15.5 Å². The zero-order chi connectivity index (χ0) is 15.6. The fourth-order valence-electron chi connectivity index (χ4n) is 2.53. The summed E-state index contributed by atoms with van der Waals surface area (Å²) in [6.45, 7) is 6.63. The molecule has 0 aromatic carbocycles. The SMILES string of the molecule is CC(C)(C)OC(=O)N1CCC(NC2CCC(=O)NC2=O)C1. The molecular weight excluding hydrogens is 274 g/mol. The highest BCUT2D eigenvalue weighted by atomic mass is 16.6. The van der Waals surface area contributed by atoms with Gasteiger partial charge in [-0.2, -0.15) is 0 Å². The average Bonchev–Trinajstić information content (AvgIpc) is 2.79. The number of likely N-dealkylation sites (tertiary alicyclic amines) is 1. The second kappa shape index (κ2) is 6.01. The van der Waals surface area contributed by atoms with Crippen LogP contribution < -0.4 is 10.6 Å². The van der Waals surface area contributed by atoms with Gasteiger partial charge >= 0.3 is 6.09 Å². The van der Waals surface area contributed by atoms with Crippen molar-refractivity contribution in [2.45, 2.75) is 57.7 Å². The Morgan fingerprint density at radius 2 is 2.05 bits per heavy atom. The summed E-state index contributed by atoms with van der Waals surface area (Å²) >= 11 is 0. The van der Waals surface area contributed by atoms with Gasteiger partial charge in [0.2, 0.25) is 11.8 Å². The zero-order valence-electron chi connectivity index (χ0n) is 12.8. The summed E-state index contributed by atoms with van der Waals surface area (Å²) in [4.78, 5) is 36.4. The first-order chi connectivity index (χ1) is 9.74. The number of rotatable bonds is 2. The third-order valence-electron chi connectivity index (χ3n) is 3.52. The average molecular weight is 297 g/mol. The second-order valence-corrected chi connectivity index (χ2v) is 6.58. The van der Waals surface area contributed by atoms with E-state index in [0.717, 1.165) is 6.42 Å². The monoisotopic (exact) mass is 297 g/mol. The lowest BCUT2D eigenvalue weighted by Crippen LogP contribution is -2.54. The third kappa shape index (κ3) is 4.42. The first-order valence-corrected chi connectivity index (χ1v) is 7.32. The van der Waals surface area contributed by atoms with Gasteiger partial charge in [-0.25, -0.2) is 4.79 Å². The first kappa shape index (κ1) is 15.8. The zero-order valence-corrected chi connectivity index (χ0v) is 12.8. The Morgan fingerprint density at radius 3 is 2.67 bits per heavy atom. The van der Waals surface area contributed by atoms with Gasteiger partial charge in [0.25, 0.3) is 0 Å². The molecule has 2 fully saturated rings. The van der Waals surface area contributed by atoms with Crippen molar-refractivity contribution in [2.75, 3.05) is 13.1 Å². The van der Waals surface area contributed by atoms with Crippen molar-refractivity contribution >= 4 is 17.9 Å². The summed E-state index contributed by atoms with van der Waals surface area (Å²) in [6, 6.07) is -0.298. The highest BCUT2D eigenvalue weighted by molar-refractivity contribution is 6.00. The van der Waals surface area contributed by atoms with Gasteiger partial charge in [-0.1, -0.05) is 0 Å². The highest BCUT2D eigenvalue weighted by Gasteiger charge is 2.33. The van der Waals surface area contributed by atoms with Crippen molar-refractivity contribution < 1.29 is 19.1 Å². The van der Waals surface area contributed by atoms with Gasteiger partial charge in [0.15, 0.2) is 0 Å². The standard InChI is InChI=1S/C14H23N3O4/c1-14(2,3)21-13(20)17-7-6-9(8-17)15-10-4-5-11(18)16-12(10)19/h9-10,15H,4-8H2,1-3H3,(H,16,18,19). The van der Waals surface area contributed by atoms with Crippen LogP contribution in [0, 0.1) is 0 Å². The molecule has 3 amide bonds. The molecule has 2 heterocycles. The van der Waals surface area contributed by atoms with Gasteiger partial charge in [-0.3, -0.25) is 14.9 Å². The van der Waals surface area contributed by atoms with Crippen LogP contribution in [0.4, 0.5) is 4.79 Å². The molecule has 0 spiro atoms. The van der Waals surface area contributed by atoms with Crippen molar-refractivity contribution in [3.05, 3.63) is 0 Å². The maximum atomic E-state index is 12.0. The van der Waals surface area contributed by atoms with Gasteiger partial charge < -0.3 is 15.0 Å². The fraction of sp³-hybridized carbons (Fsp3) is 0.786. The fourth-order valence-corrected chi connectivity index (χ4v) is 2.53. The Kier molecular flexibility index (Phi) is 4.51. The van der Waals surface area contributed by atoms with E-state index in [0.29, 0.717) is 25.9 Å². The minimum atomic E-state index is -0.508. The number of nitrogens with one attached hydrogen (secondary N) is 2. The molecule has 2 rings (SSSR count). The quantitative estimate of drug-likeness (QED) is 0.720. The second-order valence-electron chi connectivity index (χ2n) is 6.58. The Bertz CT molecular complexity index is 444. The third-order valence-corrected chi connectivity index (χ3v) is 3.52. The number of ether oxygens (including phenoxy) is 1. The molecule has 2 aliphatic heterocycles. The summed E-state index contributed by atoms with van der Waals surface area (Å²) in [7, 11) is 0. The summed E-state index contributed by atoms with van der Waals surface area (Å²) in [5, 5.41) is 5.54. The number of nitrogens with zero attached hydrogens (tertiary/aromatic N) is 1. The molecule has 7 heteroatoms. The molecule has 118 valence electrons. The topological polar surface area (TPSA) is 87.7 Å². The van der Waals surface area contributed by atoms with Crippen LogP contribution in [0.25, 0.3) is 0 Å². The minimum absolute atomic E-state index is 0.0569. The molecule has 2 saturated heterocycles. The molecule has 2 unspecified atom stereocenters. The van der Waals surface area contributed by atoms with E-state index >= 15 is 0 Å². The molecule has 0 aromatic rings. The maximum Gasteiger partial charge on any atom is 0.410 e. The summed E-state index contributed by atoms with van der Waals surface area (Å²) in [5.74, 6) is -0.498. The maximum absolute atomic E-state index is 12.0. The minimum Gasteiger partial charge on any atom is -0.444 e. The molecule has 0 bridgehead atoms. The molecule has 2 aliphatic rings. The molecule has 0 aromatic heterocycles. The molecule has 2 N–H and O–H groups in total. The van der Waals surface area contributed by atoms with Gasteiger partial charge in [0.1, 0.15) is 5.60 Å². The van der Waals surface area contributed by atoms with E-state index in [2.05, 4.69) is 10.6 Å². The number of hydrogen-bond acceptors (Lipinski definition) is 5. The van der Waals surface area contributed by atoms with Crippen LogP contribution in [0.3, 0.4) is 0 Å². The molecule has 21 heavy (non-hydrogen) atoms. The van der Waals surface area contributed by atoms with E-state index < -0.39 is 5.60 Å². The molecule has 0 saturated carbocycles. The Morgan fingerprint density at radius 1 is 1.33 bits per heavy atom. The van der Waals surface area contributed by atoms with Gasteiger partial charge in [-0.05, 0) is 33.6 Å². The lowest BCUT2D eigenvalue weighted by molar-refractivity contribution is -0.134. The van der Waals surface area contributed by atoms with Crippen molar-refractivity contribution in [1.29, 1.82) is 0 Å². The molecule has 0 radical (unpaired) electrons. The summed E-state index contributed by atoms with van der Waals surface area (Å²) in [6.07, 6.45) is 1.31. The van der Waals surface area contributed by atoms with Crippen LogP contribution in [-0.2, 0) is 14.3 Å². The van der Waals surface area contributed by atoms with E-state index in [4.69, 9.17) is 4.74 Å². The smallest absolute Gasteiger partial charge is 0.410 e. The van der Waals surface area contributed by atoms with Crippen molar-refractivity contribution in [2.24, 2.45) is 0 Å². The highest BCUT2D eigenvalue weighted by Crippen LogP contribution is 2.16. The van der Waals surface area contributed by atoms with Crippen LogP contribution in [0.1, 0.15) is 40.0 Å². The van der Waals surface area contributed by atoms with Gasteiger partial charge in [0.05, 0.1) is 6.04 Å². The number of piperidine rings is 1. The Hall–Kier alpha value is -1.63. The molecule has 0 aliphatic carbocycles. The lowest BCUT2D eigenvalue weighted by atomic mass is 10.0. The number of carbonyl (C=O) groups excluding carboxylic acids is 3. The van der Waals surface area contributed by atoms with E-state index in [1.54, 1.807) is 4.90 Å². The van der Waals surface area contributed by atoms with Crippen molar-refractivity contribution in [3.8, 4) is 0 Å².